The van der Waals surface area contributed by atoms with Crippen LogP contribution in [0.25, 0.3) is 6.08 Å². The first-order valence-corrected chi connectivity index (χ1v) is 8.71. The maximum Gasteiger partial charge on any atom is 0.227 e. The molecule has 1 N–H and O–H groups in total. The van der Waals surface area contributed by atoms with E-state index in [1.165, 1.54) is 5.56 Å². The van der Waals surface area contributed by atoms with Gasteiger partial charge in [0.2, 0.25) is 5.91 Å². The SMILES string of the molecule is O=C(Cc1ccccc1O)N1CCN(CC=Cc2ccccc2)CC1. The first kappa shape index (κ1) is 17.2. The van der Waals surface area contributed by atoms with Crippen LogP contribution in [0.4, 0.5) is 0 Å². The number of phenols is 1. The summed E-state index contributed by atoms with van der Waals surface area (Å²) in [6.45, 7) is 4.14. The summed E-state index contributed by atoms with van der Waals surface area (Å²) in [7, 11) is 0. The molecular weight excluding hydrogens is 312 g/mol. The second-order valence-electron chi connectivity index (χ2n) is 6.30. The number of carbonyl (C=O) groups excluding carboxylic acids is 1. The van der Waals surface area contributed by atoms with Gasteiger partial charge in [-0.05, 0) is 11.6 Å². The van der Waals surface area contributed by atoms with Crippen molar-refractivity contribution in [3.8, 4) is 5.75 Å². The standard InChI is InChI=1S/C21H24N2O2/c24-20-11-5-4-10-19(20)17-21(25)23-15-13-22(14-16-23)12-6-9-18-7-2-1-3-8-18/h1-11,24H,12-17H2. The number of phenolic OH excluding ortho intramolecular Hbond substituents is 1. The second-order valence-corrected chi connectivity index (χ2v) is 6.30. The van der Waals surface area contributed by atoms with Crippen molar-refractivity contribution in [2.45, 2.75) is 6.42 Å². The van der Waals surface area contributed by atoms with Crippen molar-refractivity contribution in [1.29, 1.82) is 0 Å². The van der Waals surface area contributed by atoms with E-state index in [0.29, 0.717) is 5.56 Å². The Morgan fingerprint density at radius 2 is 1.64 bits per heavy atom. The van der Waals surface area contributed by atoms with Gasteiger partial charge in [0.05, 0.1) is 6.42 Å². The molecule has 0 aromatic heterocycles. The molecule has 1 aliphatic heterocycles. The fourth-order valence-electron chi connectivity index (χ4n) is 3.02. The molecule has 3 rings (SSSR count). The fraction of sp³-hybridized carbons (Fsp3) is 0.286. The van der Waals surface area contributed by atoms with Gasteiger partial charge in [0, 0.05) is 38.3 Å². The van der Waals surface area contributed by atoms with E-state index in [1.807, 2.05) is 29.2 Å². The van der Waals surface area contributed by atoms with Crippen LogP contribution in [-0.2, 0) is 11.2 Å². The predicted octanol–water partition coefficient (Wildman–Crippen LogP) is 2.79. The number of piperazine rings is 1. The highest BCUT2D eigenvalue weighted by Gasteiger charge is 2.21. The molecule has 0 unspecified atom stereocenters. The molecule has 0 radical (unpaired) electrons. The Balaban J connectivity index is 1.44. The first-order chi connectivity index (χ1) is 12.2. The third kappa shape index (κ3) is 4.94. The Hall–Kier alpha value is -2.59. The summed E-state index contributed by atoms with van der Waals surface area (Å²) in [4.78, 5) is 16.7. The van der Waals surface area contributed by atoms with Gasteiger partial charge in [-0.2, -0.15) is 0 Å². The molecule has 1 aliphatic rings. The number of aromatic hydroxyl groups is 1. The monoisotopic (exact) mass is 336 g/mol. The lowest BCUT2D eigenvalue weighted by Crippen LogP contribution is -2.49. The van der Waals surface area contributed by atoms with Crippen molar-refractivity contribution >= 4 is 12.0 Å². The Morgan fingerprint density at radius 3 is 2.36 bits per heavy atom. The minimum Gasteiger partial charge on any atom is -0.508 e. The molecule has 1 saturated heterocycles. The van der Waals surface area contributed by atoms with Crippen LogP contribution in [0.1, 0.15) is 11.1 Å². The zero-order chi connectivity index (χ0) is 17.5. The molecule has 130 valence electrons. The lowest BCUT2D eigenvalue weighted by atomic mass is 10.1. The maximum atomic E-state index is 12.4. The van der Waals surface area contributed by atoms with Gasteiger partial charge in [0.15, 0.2) is 0 Å². The number of amides is 1. The number of rotatable bonds is 5. The number of benzene rings is 2. The molecule has 0 saturated carbocycles. The average molecular weight is 336 g/mol. The lowest BCUT2D eigenvalue weighted by molar-refractivity contribution is -0.132. The Bertz CT molecular complexity index is 720. The maximum absolute atomic E-state index is 12.4. The Kier molecular flexibility index (Phi) is 5.86. The summed E-state index contributed by atoms with van der Waals surface area (Å²) in [5.74, 6) is 0.279. The second kappa shape index (κ2) is 8.49. The third-order valence-corrected chi connectivity index (χ3v) is 4.53. The van der Waals surface area contributed by atoms with Crippen LogP contribution in [0, 0.1) is 0 Å². The van der Waals surface area contributed by atoms with Crippen LogP contribution in [0.3, 0.4) is 0 Å². The van der Waals surface area contributed by atoms with E-state index in [9.17, 15) is 9.90 Å². The smallest absolute Gasteiger partial charge is 0.227 e. The van der Waals surface area contributed by atoms with Crippen molar-refractivity contribution in [2.75, 3.05) is 32.7 Å². The van der Waals surface area contributed by atoms with E-state index < -0.39 is 0 Å². The minimum atomic E-state index is 0.0842. The van der Waals surface area contributed by atoms with Gasteiger partial charge in [-0.15, -0.1) is 0 Å². The van der Waals surface area contributed by atoms with Crippen LogP contribution in [0.5, 0.6) is 5.75 Å². The minimum absolute atomic E-state index is 0.0842. The highest BCUT2D eigenvalue weighted by molar-refractivity contribution is 5.79. The van der Waals surface area contributed by atoms with Gasteiger partial charge in [0.25, 0.3) is 0 Å². The van der Waals surface area contributed by atoms with E-state index in [-0.39, 0.29) is 18.1 Å². The topological polar surface area (TPSA) is 43.8 Å². The number of para-hydroxylation sites is 1. The number of nitrogens with zero attached hydrogens (tertiary/aromatic N) is 2. The van der Waals surface area contributed by atoms with Crippen LogP contribution >= 0.6 is 0 Å². The Morgan fingerprint density at radius 1 is 0.960 bits per heavy atom. The van der Waals surface area contributed by atoms with E-state index >= 15 is 0 Å². The molecule has 0 atom stereocenters. The molecule has 0 spiro atoms. The van der Waals surface area contributed by atoms with E-state index in [2.05, 4.69) is 29.2 Å². The van der Waals surface area contributed by atoms with Crippen molar-refractivity contribution in [3.63, 3.8) is 0 Å². The lowest BCUT2D eigenvalue weighted by Gasteiger charge is -2.34. The quantitative estimate of drug-likeness (QED) is 0.913. The molecular formula is C21H24N2O2. The van der Waals surface area contributed by atoms with Gasteiger partial charge >= 0.3 is 0 Å². The fourth-order valence-corrected chi connectivity index (χ4v) is 3.02. The summed E-state index contributed by atoms with van der Waals surface area (Å²) in [6, 6.07) is 17.3. The van der Waals surface area contributed by atoms with Gasteiger partial charge in [-0.25, -0.2) is 0 Å². The van der Waals surface area contributed by atoms with Crippen molar-refractivity contribution in [1.82, 2.24) is 9.80 Å². The summed E-state index contributed by atoms with van der Waals surface area (Å²) < 4.78 is 0. The zero-order valence-corrected chi connectivity index (χ0v) is 14.3. The molecule has 1 fully saturated rings. The van der Waals surface area contributed by atoms with Gasteiger partial charge in [0.1, 0.15) is 5.75 Å². The van der Waals surface area contributed by atoms with Gasteiger partial charge in [-0.1, -0.05) is 60.7 Å². The van der Waals surface area contributed by atoms with Crippen molar-refractivity contribution in [3.05, 3.63) is 71.8 Å². The molecule has 1 amide bonds. The summed E-state index contributed by atoms with van der Waals surface area (Å²) in [6.07, 6.45) is 4.57. The number of hydrogen-bond acceptors (Lipinski definition) is 3. The average Bonchev–Trinajstić information content (AvgIpc) is 2.65. The van der Waals surface area contributed by atoms with E-state index in [0.717, 1.165) is 32.7 Å². The molecule has 0 aliphatic carbocycles. The van der Waals surface area contributed by atoms with E-state index in [1.54, 1.807) is 18.2 Å². The van der Waals surface area contributed by atoms with E-state index in [4.69, 9.17) is 0 Å². The summed E-state index contributed by atoms with van der Waals surface area (Å²) >= 11 is 0. The molecule has 25 heavy (non-hydrogen) atoms. The third-order valence-electron chi connectivity index (χ3n) is 4.53. The van der Waals surface area contributed by atoms with Crippen molar-refractivity contribution < 1.29 is 9.90 Å². The highest BCUT2D eigenvalue weighted by Crippen LogP contribution is 2.17. The van der Waals surface area contributed by atoms with Crippen LogP contribution in [-0.4, -0.2) is 53.5 Å². The molecule has 2 aromatic rings. The van der Waals surface area contributed by atoms with Crippen LogP contribution in [0.15, 0.2) is 60.7 Å². The summed E-state index contributed by atoms with van der Waals surface area (Å²) in [5, 5.41) is 9.80. The molecule has 1 heterocycles. The van der Waals surface area contributed by atoms with Crippen LogP contribution in [0.2, 0.25) is 0 Å². The molecule has 4 nitrogen and oxygen atoms in total. The first-order valence-electron chi connectivity index (χ1n) is 8.71. The van der Waals surface area contributed by atoms with Crippen molar-refractivity contribution in [2.24, 2.45) is 0 Å². The predicted molar refractivity (Wildman–Crippen MR) is 100 cm³/mol. The largest absolute Gasteiger partial charge is 0.508 e. The summed E-state index contributed by atoms with van der Waals surface area (Å²) in [5.41, 5.74) is 1.90. The molecule has 4 heteroatoms. The van der Waals surface area contributed by atoms with Gasteiger partial charge in [-0.3, -0.25) is 9.69 Å². The Labute approximate surface area is 149 Å². The molecule has 0 bridgehead atoms. The van der Waals surface area contributed by atoms with Crippen LogP contribution < -0.4 is 0 Å². The number of hydrogen-bond donors (Lipinski definition) is 1. The zero-order valence-electron chi connectivity index (χ0n) is 14.3. The highest BCUT2D eigenvalue weighted by atomic mass is 16.3. The number of carbonyl (C=O) groups is 1. The van der Waals surface area contributed by atoms with Gasteiger partial charge < -0.3 is 10.0 Å². The molecule has 2 aromatic carbocycles. The normalized spacial score (nSPS) is 15.6.